The van der Waals surface area contributed by atoms with E-state index in [-0.39, 0.29) is 0 Å². The first-order valence-electron chi connectivity index (χ1n) is 7.82. The van der Waals surface area contributed by atoms with E-state index in [9.17, 15) is 0 Å². The predicted octanol–water partition coefficient (Wildman–Crippen LogP) is 5.82. The van der Waals surface area contributed by atoms with Crippen LogP contribution in [0.4, 0.5) is 11.4 Å². The van der Waals surface area contributed by atoms with Crippen LogP contribution in [0.25, 0.3) is 0 Å². The van der Waals surface area contributed by atoms with Crippen LogP contribution in [-0.2, 0) is 0 Å². The average molecular weight is 296 g/mol. The molecule has 0 saturated heterocycles. The summed E-state index contributed by atoms with van der Waals surface area (Å²) in [6, 6.07) is 22.3. The summed E-state index contributed by atoms with van der Waals surface area (Å²) in [6.07, 6.45) is 0. The summed E-state index contributed by atoms with van der Waals surface area (Å²) in [5.74, 6) is 0. The van der Waals surface area contributed by atoms with Crippen LogP contribution in [0.3, 0.4) is 0 Å². The lowest BCUT2D eigenvalue weighted by Crippen LogP contribution is -2.45. The molecular formula is C18H24N2Si. The zero-order valence-corrected chi connectivity index (χ0v) is 14.2. The summed E-state index contributed by atoms with van der Waals surface area (Å²) in [5, 5.41) is 10.4. The molecule has 0 aliphatic heterocycles. The van der Waals surface area contributed by atoms with Gasteiger partial charge >= 0.3 is 0 Å². The Balaban J connectivity index is 2.39. The molecule has 0 unspecified atom stereocenters. The molecule has 0 N–H and O–H groups in total. The number of hydrogen-bond acceptors (Lipinski definition) is 2. The molecule has 2 nitrogen and oxygen atoms in total. The molecule has 2 rings (SSSR count). The molecule has 0 atom stereocenters. The van der Waals surface area contributed by atoms with Crippen LogP contribution >= 0.6 is 0 Å². The van der Waals surface area contributed by atoms with Crippen LogP contribution < -0.4 is 5.19 Å². The van der Waals surface area contributed by atoms with Crippen molar-refractivity contribution in [3.8, 4) is 0 Å². The van der Waals surface area contributed by atoms with E-state index in [1.165, 1.54) is 23.3 Å². The molecule has 0 amide bonds. The standard InChI is InChI=1S/C18H24N2Si/c1-4-21(5-2,6-3)18-15-11-10-14-17(18)20-19-16-12-8-7-9-13-16/h7-15H,4-6H2,1-3H3. The van der Waals surface area contributed by atoms with E-state index < -0.39 is 8.07 Å². The van der Waals surface area contributed by atoms with Crippen molar-refractivity contribution in [1.82, 2.24) is 0 Å². The minimum absolute atomic E-state index is 0.907. The highest BCUT2D eigenvalue weighted by Crippen LogP contribution is 2.26. The predicted molar refractivity (Wildman–Crippen MR) is 93.9 cm³/mol. The maximum Gasteiger partial charge on any atom is 0.0888 e. The van der Waals surface area contributed by atoms with E-state index in [4.69, 9.17) is 0 Å². The molecular weight excluding hydrogens is 272 g/mol. The summed E-state index contributed by atoms with van der Waals surface area (Å²) >= 11 is 0. The maximum absolute atomic E-state index is 4.55. The largest absolute Gasteiger partial charge is 0.151 e. The lowest BCUT2D eigenvalue weighted by atomic mass is 10.3. The fourth-order valence-electron chi connectivity index (χ4n) is 2.94. The molecule has 0 heterocycles. The van der Waals surface area contributed by atoms with Crippen LogP contribution in [-0.4, -0.2) is 8.07 Å². The van der Waals surface area contributed by atoms with Crippen LogP contribution in [0.1, 0.15) is 20.8 Å². The fourth-order valence-corrected chi connectivity index (χ4v) is 6.71. The van der Waals surface area contributed by atoms with Gasteiger partial charge in [-0.3, -0.25) is 0 Å². The van der Waals surface area contributed by atoms with Gasteiger partial charge in [0, 0.05) is 0 Å². The Morgan fingerprint density at radius 2 is 1.29 bits per heavy atom. The van der Waals surface area contributed by atoms with E-state index in [2.05, 4.69) is 55.3 Å². The Labute approximate surface area is 129 Å². The van der Waals surface area contributed by atoms with Crippen LogP contribution in [0, 0.1) is 0 Å². The lowest BCUT2D eigenvalue weighted by Gasteiger charge is -2.29. The second-order valence-electron chi connectivity index (χ2n) is 5.39. The highest BCUT2D eigenvalue weighted by Gasteiger charge is 2.31. The number of azo groups is 1. The molecule has 2 aromatic rings. The molecule has 0 aromatic heterocycles. The van der Waals surface area contributed by atoms with Crippen molar-refractivity contribution in [2.45, 2.75) is 38.9 Å². The Hall–Kier alpha value is -1.74. The molecule has 0 fully saturated rings. The first-order valence-corrected chi connectivity index (χ1v) is 10.4. The highest BCUT2D eigenvalue weighted by atomic mass is 28.3. The number of rotatable bonds is 6. The molecule has 3 heteroatoms. The lowest BCUT2D eigenvalue weighted by molar-refractivity contribution is 1.18. The Morgan fingerprint density at radius 1 is 0.714 bits per heavy atom. The van der Waals surface area contributed by atoms with Crippen molar-refractivity contribution in [3.63, 3.8) is 0 Å². The van der Waals surface area contributed by atoms with Crippen molar-refractivity contribution >= 4 is 24.6 Å². The van der Waals surface area contributed by atoms with Crippen molar-refractivity contribution in [2.24, 2.45) is 10.2 Å². The summed E-state index contributed by atoms with van der Waals surface area (Å²) in [4.78, 5) is 0. The van der Waals surface area contributed by atoms with Gasteiger partial charge in [-0.1, -0.05) is 75.3 Å². The molecule has 0 spiro atoms. The normalized spacial score (nSPS) is 12.0. The summed E-state index contributed by atoms with van der Waals surface area (Å²) in [7, 11) is -1.43. The first kappa shape index (κ1) is 15.6. The van der Waals surface area contributed by atoms with Gasteiger partial charge in [0.2, 0.25) is 0 Å². The van der Waals surface area contributed by atoms with E-state index in [0.29, 0.717) is 0 Å². The molecule has 0 aliphatic carbocycles. The zero-order valence-electron chi connectivity index (χ0n) is 13.2. The van der Waals surface area contributed by atoms with Crippen LogP contribution in [0.2, 0.25) is 18.1 Å². The molecule has 0 radical (unpaired) electrons. The SMILES string of the molecule is CC[Si](CC)(CC)c1ccccc1N=Nc1ccccc1. The van der Waals surface area contributed by atoms with Crippen LogP contribution in [0.5, 0.6) is 0 Å². The van der Waals surface area contributed by atoms with Gasteiger partial charge < -0.3 is 0 Å². The topological polar surface area (TPSA) is 24.7 Å². The van der Waals surface area contributed by atoms with Crippen molar-refractivity contribution in [2.75, 3.05) is 0 Å². The van der Waals surface area contributed by atoms with Gasteiger partial charge in [-0.05, 0) is 23.4 Å². The number of hydrogen-bond donors (Lipinski definition) is 0. The highest BCUT2D eigenvalue weighted by molar-refractivity contribution is 6.92. The third kappa shape index (κ3) is 3.48. The third-order valence-electron chi connectivity index (χ3n) is 4.54. The van der Waals surface area contributed by atoms with E-state index in [0.717, 1.165) is 11.4 Å². The monoisotopic (exact) mass is 296 g/mol. The van der Waals surface area contributed by atoms with Gasteiger partial charge in [0.25, 0.3) is 0 Å². The average Bonchev–Trinajstić information content (AvgIpc) is 2.57. The van der Waals surface area contributed by atoms with Gasteiger partial charge in [-0.15, -0.1) is 0 Å². The van der Waals surface area contributed by atoms with Crippen LogP contribution in [0.15, 0.2) is 64.8 Å². The molecule has 21 heavy (non-hydrogen) atoms. The van der Waals surface area contributed by atoms with E-state index >= 15 is 0 Å². The van der Waals surface area contributed by atoms with Gasteiger partial charge in [-0.25, -0.2) is 0 Å². The summed E-state index contributed by atoms with van der Waals surface area (Å²) < 4.78 is 0. The second kappa shape index (κ2) is 7.32. The minimum Gasteiger partial charge on any atom is -0.151 e. The molecule has 0 bridgehead atoms. The van der Waals surface area contributed by atoms with Gasteiger partial charge in [0.15, 0.2) is 0 Å². The van der Waals surface area contributed by atoms with Crippen molar-refractivity contribution in [1.29, 1.82) is 0 Å². The molecule has 2 aromatic carbocycles. The Kier molecular flexibility index (Phi) is 5.45. The smallest absolute Gasteiger partial charge is 0.0888 e. The van der Waals surface area contributed by atoms with E-state index in [1.807, 2.05) is 30.3 Å². The Morgan fingerprint density at radius 3 is 1.90 bits per heavy atom. The third-order valence-corrected chi connectivity index (χ3v) is 10.2. The maximum atomic E-state index is 4.55. The number of nitrogens with zero attached hydrogens (tertiary/aromatic N) is 2. The first-order chi connectivity index (χ1) is 10.3. The zero-order chi connectivity index (χ0) is 15.1. The van der Waals surface area contributed by atoms with Gasteiger partial charge in [0.1, 0.15) is 0 Å². The van der Waals surface area contributed by atoms with E-state index in [1.54, 1.807) is 0 Å². The van der Waals surface area contributed by atoms with Crippen molar-refractivity contribution in [3.05, 3.63) is 54.6 Å². The molecule has 0 aliphatic rings. The van der Waals surface area contributed by atoms with Crippen molar-refractivity contribution < 1.29 is 0 Å². The fraction of sp³-hybridized carbons (Fsp3) is 0.333. The quantitative estimate of drug-likeness (QED) is 0.474. The van der Waals surface area contributed by atoms with Gasteiger partial charge in [0.05, 0.1) is 19.4 Å². The second-order valence-corrected chi connectivity index (χ2v) is 10.6. The molecule has 0 saturated carbocycles. The Bertz CT molecular complexity index is 581. The van der Waals surface area contributed by atoms with Gasteiger partial charge in [-0.2, -0.15) is 10.2 Å². The minimum atomic E-state index is -1.43. The molecule has 110 valence electrons. The number of benzene rings is 2. The summed E-state index contributed by atoms with van der Waals surface area (Å²) in [5.41, 5.74) is 1.96. The summed E-state index contributed by atoms with van der Waals surface area (Å²) in [6.45, 7) is 6.97.